The third-order valence-electron chi connectivity index (χ3n) is 3.91. The fourth-order valence-corrected chi connectivity index (χ4v) is 2.71. The van der Waals surface area contributed by atoms with Crippen LogP contribution < -0.4 is 5.56 Å². The number of nitrogens with zero attached hydrogens (tertiary/aromatic N) is 4. The average Bonchev–Trinajstić information content (AvgIpc) is 2.61. The number of hydrogen-bond acceptors (Lipinski definition) is 4. The number of aromatic nitrogens is 3. The first kappa shape index (κ1) is 16.5. The highest BCUT2D eigenvalue weighted by molar-refractivity contribution is 9.10. The normalized spacial score (nSPS) is 12.8. The van der Waals surface area contributed by atoms with Crippen molar-refractivity contribution in [2.75, 3.05) is 0 Å². The first-order chi connectivity index (χ1) is 11.6. The van der Waals surface area contributed by atoms with Crippen molar-refractivity contribution < 1.29 is 0 Å². The SMILES string of the molecule is CC[C@@H](C)c1nc2ccc(Br)cc2c(=O)n1N=Cc1ccncc1. The van der Waals surface area contributed by atoms with E-state index < -0.39 is 0 Å². The van der Waals surface area contributed by atoms with Gasteiger partial charge in [0.2, 0.25) is 0 Å². The third kappa shape index (κ3) is 3.28. The monoisotopic (exact) mass is 384 g/mol. The molecule has 1 atom stereocenters. The summed E-state index contributed by atoms with van der Waals surface area (Å²) in [6.45, 7) is 4.12. The molecule has 0 bridgehead atoms. The predicted octanol–water partition coefficient (Wildman–Crippen LogP) is 3.95. The van der Waals surface area contributed by atoms with Crippen molar-refractivity contribution in [2.24, 2.45) is 5.10 Å². The number of hydrogen-bond donors (Lipinski definition) is 0. The Hall–Kier alpha value is -2.34. The van der Waals surface area contributed by atoms with E-state index in [-0.39, 0.29) is 11.5 Å². The summed E-state index contributed by atoms with van der Waals surface area (Å²) in [7, 11) is 0. The summed E-state index contributed by atoms with van der Waals surface area (Å²) in [6.07, 6.45) is 5.91. The van der Waals surface area contributed by atoms with Crippen molar-refractivity contribution in [3.63, 3.8) is 0 Å². The lowest BCUT2D eigenvalue weighted by Gasteiger charge is -2.13. The first-order valence-electron chi connectivity index (χ1n) is 7.76. The van der Waals surface area contributed by atoms with Crippen LogP contribution in [0.5, 0.6) is 0 Å². The van der Waals surface area contributed by atoms with E-state index in [1.165, 1.54) is 4.68 Å². The zero-order chi connectivity index (χ0) is 17.1. The van der Waals surface area contributed by atoms with Gasteiger partial charge in [0.15, 0.2) is 0 Å². The Balaban J connectivity index is 2.21. The molecule has 0 spiro atoms. The molecule has 0 saturated heterocycles. The maximum absolute atomic E-state index is 12.9. The molecular weight excluding hydrogens is 368 g/mol. The van der Waals surface area contributed by atoms with Gasteiger partial charge in [-0.1, -0.05) is 29.8 Å². The summed E-state index contributed by atoms with van der Waals surface area (Å²) < 4.78 is 2.25. The molecule has 0 N–H and O–H groups in total. The molecule has 0 unspecified atom stereocenters. The van der Waals surface area contributed by atoms with Crippen molar-refractivity contribution in [1.29, 1.82) is 0 Å². The maximum Gasteiger partial charge on any atom is 0.282 e. The maximum atomic E-state index is 12.9. The van der Waals surface area contributed by atoms with Crippen molar-refractivity contribution in [2.45, 2.75) is 26.2 Å². The van der Waals surface area contributed by atoms with Crippen LogP contribution in [0.25, 0.3) is 10.9 Å². The zero-order valence-electron chi connectivity index (χ0n) is 13.5. The fourth-order valence-electron chi connectivity index (χ4n) is 2.35. The van der Waals surface area contributed by atoms with Gasteiger partial charge in [0, 0.05) is 22.8 Å². The minimum atomic E-state index is -0.165. The van der Waals surface area contributed by atoms with Gasteiger partial charge >= 0.3 is 0 Å². The van der Waals surface area contributed by atoms with Gasteiger partial charge in [-0.05, 0) is 42.3 Å². The lowest BCUT2D eigenvalue weighted by Crippen LogP contribution is -2.23. The number of halogens is 1. The minimum absolute atomic E-state index is 0.125. The Morgan fingerprint density at radius 3 is 2.75 bits per heavy atom. The number of rotatable bonds is 4. The smallest absolute Gasteiger partial charge is 0.267 e. The summed E-state index contributed by atoms with van der Waals surface area (Å²) in [5.41, 5.74) is 1.40. The number of pyridine rings is 1. The van der Waals surface area contributed by atoms with Gasteiger partial charge in [-0.25, -0.2) is 4.98 Å². The molecule has 0 amide bonds. The standard InChI is InChI=1S/C18H17BrN4O/c1-3-12(2)17-22-16-5-4-14(19)10-15(16)18(24)23(17)21-11-13-6-8-20-9-7-13/h4-12H,3H2,1-2H3/t12-/m1/s1. The van der Waals surface area contributed by atoms with Crippen LogP contribution in [0.3, 0.4) is 0 Å². The van der Waals surface area contributed by atoms with E-state index in [4.69, 9.17) is 0 Å². The van der Waals surface area contributed by atoms with Gasteiger partial charge in [0.05, 0.1) is 17.1 Å². The van der Waals surface area contributed by atoms with Crippen molar-refractivity contribution in [3.8, 4) is 0 Å². The van der Waals surface area contributed by atoms with E-state index in [2.05, 4.69) is 37.9 Å². The van der Waals surface area contributed by atoms with E-state index in [1.807, 2.05) is 31.2 Å². The van der Waals surface area contributed by atoms with Crippen LogP contribution in [0.2, 0.25) is 0 Å². The van der Waals surface area contributed by atoms with Crippen LogP contribution in [-0.2, 0) is 0 Å². The molecule has 2 aromatic heterocycles. The quantitative estimate of drug-likeness (QED) is 0.639. The molecule has 2 heterocycles. The summed E-state index contributed by atoms with van der Waals surface area (Å²) in [5, 5.41) is 4.94. The molecule has 1 aromatic carbocycles. The molecule has 24 heavy (non-hydrogen) atoms. The van der Waals surface area contributed by atoms with E-state index >= 15 is 0 Å². The van der Waals surface area contributed by atoms with Crippen LogP contribution in [0.4, 0.5) is 0 Å². The fraction of sp³-hybridized carbons (Fsp3) is 0.222. The molecule has 0 aliphatic rings. The molecule has 0 fully saturated rings. The lowest BCUT2D eigenvalue weighted by atomic mass is 10.1. The van der Waals surface area contributed by atoms with Crippen molar-refractivity contribution >= 4 is 33.0 Å². The van der Waals surface area contributed by atoms with Gasteiger partial charge in [-0.15, -0.1) is 0 Å². The van der Waals surface area contributed by atoms with Crippen LogP contribution in [0.15, 0.2) is 57.1 Å². The van der Waals surface area contributed by atoms with Crippen LogP contribution in [0, 0.1) is 0 Å². The summed E-state index contributed by atoms with van der Waals surface area (Å²) in [4.78, 5) is 21.6. The van der Waals surface area contributed by atoms with E-state index in [0.717, 1.165) is 16.5 Å². The van der Waals surface area contributed by atoms with E-state index in [1.54, 1.807) is 24.7 Å². The second-order valence-electron chi connectivity index (χ2n) is 5.58. The van der Waals surface area contributed by atoms with Gasteiger partial charge < -0.3 is 0 Å². The second-order valence-corrected chi connectivity index (χ2v) is 6.50. The average molecular weight is 385 g/mol. The van der Waals surface area contributed by atoms with Gasteiger partial charge in [0.25, 0.3) is 5.56 Å². The number of fused-ring (bicyclic) bond motifs is 1. The predicted molar refractivity (Wildman–Crippen MR) is 99.6 cm³/mol. The Labute approximate surface area is 148 Å². The lowest BCUT2D eigenvalue weighted by molar-refractivity contribution is 0.613. The largest absolute Gasteiger partial charge is 0.282 e. The highest BCUT2D eigenvalue weighted by atomic mass is 79.9. The second kappa shape index (κ2) is 7.05. The van der Waals surface area contributed by atoms with Crippen LogP contribution in [-0.4, -0.2) is 20.9 Å². The Kier molecular flexibility index (Phi) is 4.85. The molecule has 0 aliphatic carbocycles. The van der Waals surface area contributed by atoms with Gasteiger partial charge in [-0.2, -0.15) is 9.78 Å². The summed E-state index contributed by atoms with van der Waals surface area (Å²) in [5.74, 6) is 0.794. The van der Waals surface area contributed by atoms with Gasteiger partial charge in [-0.3, -0.25) is 9.78 Å². The van der Waals surface area contributed by atoms with E-state index in [0.29, 0.717) is 16.7 Å². The zero-order valence-corrected chi connectivity index (χ0v) is 15.1. The Morgan fingerprint density at radius 1 is 1.29 bits per heavy atom. The third-order valence-corrected chi connectivity index (χ3v) is 4.41. The molecule has 0 radical (unpaired) electrons. The molecule has 5 nitrogen and oxygen atoms in total. The van der Waals surface area contributed by atoms with Crippen molar-refractivity contribution in [3.05, 3.63) is 68.9 Å². The highest BCUT2D eigenvalue weighted by Crippen LogP contribution is 2.20. The topological polar surface area (TPSA) is 60.1 Å². The van der Waals surface area contributed by atoms with Gasteiger partial charge in [0.1, 0.15) is 5.82 Å². The van der Waals surface area contributed by atoms with Crippen molar-refractivity contribution in [1.82, 2.24) is 14.6 Å². The molecular formula is C18H17BrN4O. The molecule has 3 aromatic rings. The molecule has 6 heteroatoms. The minimum Gasteiger partial charge on any atom is -0.267 e. The molecule has 3 rings (SSSR count). The van der Waals surface area contributed by atoms with Crippen LogP contribution >= 0.6 is 15.9 Å². The highest BCUT2D eigenvalue weighted by Gasteiger charge is 2.15. The molecule has 0 aliphatic heterocycles. The first-order valence-corrected chi connectivity index (χ1v) is 8.56. The molecule has 0 saturated carbocycles. The summed E-state index contributed by atoms with van der Waals surface area (Å²) in [6, 6.07) is 9.19. The number of benzene rings is 1. The summed E-state index contributed by atoms with van der Waals surface area (Å²) >= 11 is 3.41. The van der Waals surface area contributed by atoms with E-state index in [9.17, 15) is 4.79 Å². The Morgan fingerprint density at radius 2 is 2.04 bits per heavy atom. The molecule has 122 valence electrons. The van der Waals surface area contributed by atoms with Crippen LogP contribution in [0.1, 0.15) is 37.6 Å². The Bertz CT molecular complexity index is 950.